The number of likely N-dealkylation sites (tertiary alicyclic amines) is 1. The van der Waals surface area contributed by atoms with Crippen LogP contribution < -0.4 is 5.32 Å². The molecule has 2 heterocycles. The van der Waals surface area contributed by atoms with E-state index in [1.165, 1.54) is 16.4 Å². The largest absolute Gasteiger partial charge is 0.346 e. The normalized spacial score (nSPS) is 22.4. The molecule has 21 heavy (non-hydrogen) atoms. The summed E-state index contributed by atoms with van der Waals surface area (Å²) < 4.78 is 1.49. The highest BCUT2D eigenvalue weighted by molar-refractivity contribution is 5.92. The summed E-state index contributed by atoms with van der Waals surface area (Å²) in [6.07, 6.45) is 1.49. The maximum absolute atomic E-state index is 12.3. The first-order valence-corrected chi connectivity index (χ1v) is 7.04. The van der Waals surface area contributed by atoms with Crippen LogP contribution in [0.25, 0.3) is 0 Å². The minimum Gasteiger partial charge on any atom is -0.346 e. The van der Waals surface area contributed by atoms with Gasteiger partial charge in [-0.2, -0.15) is 0 Å². The number of hydrogen-bond acceptors (Lipinski definition) is 4. The van der Waals surface area contributed by atoms with Crippen molar-refractivity contribution in [2.45, 2.75) is 12.0 Å². The van der Waals surface area contributed by atoms with Gasteiger partial charge in [-0.15, -0.1) is 5.10 Å². The molecular weight excluding hydrogens is 266 g/mol. The molecule has 1 N–H and O–H groups in total. The summed E-state index contributed by atoms with van der Waals surface area (Å²) in [5, 5.41) is 10.7. The van der Waals surface area contributed by atoms with Crippen LogP contribution >= 0.6 is 0 Å². The fourth-order valence-corrected chi connectivity index (χ4v) is 2.92. The van der Waals surface area contributed by atoms with Crippen LogP contribution in [-0.2, 0) is 7.05 Å². The highest BCUT2D eigenvalue weighted by Gasteiger charge is 2.33. The molecule has 0 radical (unpaired) electrons. The van der Waals surface area contributed by atoms with Gasteiger partial charge in [0.1, 0.15) is 5.69 Å². The van der Waals surface area contributed by atoms with Crippen molar-refractivity contribution in [2.75, 3.05) is 20.1 Å². The van der Waals surface area contributed by atoms with Crippen molar-refractivity contribution in [3.63, 3.8) is 0 Å². The maximum atomic E-state index is 12.3. The van der Waals surface area contributed by atoms with Crippen LogP contribution in [-0.4, -0.2) is 52.0 Å². The summed E-state index contributed by atoms with van der Waals surface area (Å²) >= 11 is 0. The molecule has 1 fully saturated rings. The third-order valence-electron chi connectivity index (χ3n) is 3.99. The Bertz CT molecular complexity index is 624. The number of nitrogens with one attached hydrogen (secondary N) is 1. The van der Waals surface area contributed by atoms with Crippen molar-refractivity contribution in [1.82, 2.24) is 25.2 Å². The monoisotopic (exact) mass is 285 g/mol. The molecule has 0 saturated carbocycles. The van der Waals surface area contributed by atoms with Gasteiger partial charge in [0.25, 0.3) is 5.91 Å². The van der Waals surface area contributed by atoms with Gasteiger partial charge in [-0.05, 0) is 12.6 Å². The zero-order valence-corrected chi connectivity index (χ0v) is 12.2. The Morgan fingerprint density at radius 1 is 1.24 bits per heavy atom. The van der Waals surface area contributed by atoms with Crippen molar-refractivity contribution in [2.24, 2.45) is 7.05 Å². The molecule has 2 atom stereocenters. The number of benzene rings is 1. The van der Waals surface area contributed by atoms with E-state index in [-0.39, 0.29) is 11.9 Å². The summed E-state index contributed by atoms with van der Waals surface area (Å²) in [6.45, 7) is 1.79. The van der Waals surface area contributed by atoms with Crippen LogP contribution in [0.5, 0.6) is 0 Å². The second kappa shape index (κ2) is 5.65. The minimum atomic E-state index is -0.122. The van der Waals surface area contributed by atoms with Crippen molar-refractivity contribution in [1.29, 1.82) is 0 Å². The zero-order valence-electron chi connectivity index (χ0n) is 12.2. The van der Waals surface area contributed by atoms with Crippen LogP contribution in [0, 0.1) is 0 Å². The minimum absolute atomic E-state index is 0.0970. The fourth-order valence-electron chi connectivity index (χ4n) is 2.92. The molecule has 2 aromatic rings. The van der Waals surface area contributed by atoms with Crippen LogP contribution in [0.2, 0.25) is 0 Å². The van der Waals surface area contributed by atoms with Gasteiger partial charge in [0.15, 0.2) is 0 Å². The van der Waals surface area contributed by atoms with Crippen LogP contribution in [0.1, 0.15) is 22.0 Å². The first-order chi connectivity index (χ1) is 10.1. The summed E-state index contributed by atoms with van der Waals surface area (Å²) in [6, 6.07) is 10.4. The highest BCUT2D eigenvalue weighted by Crippen LogP contribution is 2.26. The Hall–Kier alpha value is -2.21. The Labute approximate surface area is 123 Å². The van der Waals surface area contributed by atoms with Crippen LogP contribution in [0.3, 0.4) is 0 Å². The van der Waals surface area contributed by atoms with E-state index in [1.54, 1.807) is 7.05 Å². The van der Waals surface area contributed by atoms with E-state index in [2.05, 4.69) is 39.7 Å². The van der Waals surface area contributed by atoms with Crippen molar-refractivity contribution in [3.05, 3.63) is 47.8 Å². The predicted molar refractivity (Wildman–Crippen MR) is 78.9 cm³/mol. The maximum Gasteiger partial charge on any atom is 0.271 e. The summed E-state index contributed by atoms with van der Waals surface area (Å²) in [4.78, 5) is 14.6. The lowest BCUT2D eigenvalue weighted by molar-refractivity contribution is 0.0926. The Balaban J connectivity index is 1.77. The zero-order chi connectivity index (χ0) is 14.8. The number of nitrogens with zero attached hydrogens (tertiary/aromatic N) is 4. The van der Waals surface area contributed by atoms with E-state index in [1.807, 2.05) is 18.2 Å². The number of aryl methyl sites for hydroxylation is 1. The topological polar surface area (TPSA) is 63.1 Å². The molecule has 1 aromatic heterocycles. The highest BCUT2D eigenvalue weighted by atomic mass is 16.2. The van der Waals surface area contributed by atoms with E-state index in [4.69, 9.17) is 0 Å². The molecule has 1 saturated heterocycles. The Kier molecular flexibility index (Phi) is 3.70. The summed E-state index contributed by atoms with van der Waals surface area (Å²) in [5.74, 6) is 0.185. The van der Waals surface area contributed by atoms with Crippen LogP contribution in [0.4, 0.5) is 0 Å². The summed E-state index contributed by atoms with van der Waals surface area (Å²) in [5.41, 5.74) is 1.74. The number of aromatic nitrogens is 3. The van der Waals surface area contributed by atoms with E-state index in [0.29, 0.717) is 11.6 Å². The van der Waals surface area contributed by atoms with Gasteiger partial charge in [0, 0.05) is 32.1 Å². The third-order valence-corrected chi connectivity index (χ3v) is 3.99. The number of likely N-dealkylation sites (N-methyl/N-ethyl adjacent to an activating group) is 1. The van der Waals surface area contributed by atoms with Gasteiger partial charge in [-0.1, -0.05) is 35.5 Å². The molecule has 0 bridgehead atoms. The lowest BCUT2D eigenvalue weighted by atomic mass is 9.94. The Morgan fingerprint density at radius 3 is 2.67 bits per heavy atom. The van der Waals surface area contributed by atoms with Crippen LogP contribution in [0.15, 0.2) is 36.5 Å². The van der Waals surface area contributed by atoms with Gasteiger partial charge in [0.05, 0.1) is 6.20 Å². The number of carbonyl (C=O) groups excluding carboxylic acids is 1. The Morgan fingerprint density at radius 2 is 2.00 bits per heavy atom. The molecule has 0 aliphatic carbocycles. The quantitative estimate of drug-likeness (QED) is 0.899. The molecule has 6 nitrogen and oxygen atoms in total. The second-order valence-corrected chi connectivity index (χ2v) is 5.56. The smallest absolute Gasteiger partial charge is 0.271 e. The first-order valence-electron chi connectivity index (χ1n) is 7.04. The van der Waals surface area contributed by atoms with Gasteiger partial charge in [0.2, 0.25) is 0 Å². The molecule has 1 aliphatic heterocycles. The first kappa shape index (κ1) is 13.8. The van der Waals surface area contributed by atoms with Crippen molar-refractivity contribution in [3.8, 4) is 0 Å². The lowest BCUT2D eigenvalue weighted by Gasteiger charge is -2.20. The molecule has 1 aromatic carbocycles. The molecule has 6 heteroatoms. The van der Waals surface area contributed by atoms with Gasteiger partial charge < -0.3 is 10.2 Å². The molecule has 0 spiro atoms. The SMILES string of the molecule is CN1C[C@H](NC(=O)c2cnnn2C)[C@@H](c2ccccc2)C1. The molecular formula is C15H19N5O. The second-order valence-electron chi connectivity index (χ2n) is 5.56. The number of rotatable bonds is 3. The molecule has 1 aliphatic rings. The lowest BCUT2D eigenvalue weighted by Crippen LogP contribution is -2.40. The van der Waals surface area contributed by atoms with E-state index in [9.17, 15) is 4.79 Å². The third kappa shape index (κ3) is 2.80. The van der Waals surface area contributed by atoms with Crippen molar-refractivity contribution >= 4 is 5.91 Å². The van der Waals surface area contributed by atoms with Gasteiger partial charge in [-0.25, -0.2) is 4.68 Å². The number of amides is 1. The standard InChI is InChI=1S/C15H19N5O/c1-19-9-12(11-6-4-3-5-7-11)13(10-19)17-15(21)14-8-16-18-20(14)2/h3-8,12-13H,9-10H2,1-2H3,(H,17,21)/t12-,13+/m1/s1. The van der Waals surface area contributed by atoms with E-state index in [0.717, 1.165) is 13.1 Å². The van der Waals surface area contributed by atoms with Gasteiger partial charge in [-0.3, -0.25) is 4.79 Å². The summed E-state index contributed by atoms with van der Waals surface area (Å²) in [7, 11) is 3.80. The molecule has 3 rings (SSSR count). The average molecular weight is 285 g/mol. The van der Waals surface area contributed by atoms with E-state index < -0.39 is 0 Å². The molecule has 110 valence electrons. The fraction of sp³-hybridized carbons (Fsp3) is 0.400. The van der Waals surface area contributed by atoms with Crippen molar-refractivity contribution < 1.29 is 4.79 Å². The number of carbonyl (C=O) groups is 1. The van der Waals surface area contributed by atoms with E-state index >= 15 is 0 Å². The van der Waals surface area contributed by atoms with Gasteiger partial charge >= 0.3 is 0 Å². The predicted octanol–water partition coefficient (Wildman–Crippen LogP) is 0.643. The molecule has 1 amide bonds. The number of hydrogen-bond donors (Lipinski definition) is 1. The molecule has 0 unspecified atom stereocenters. The average Bonchev–Trinajstić information content (AvgIpc) is 3.06.